The van der Waals surface area contributed by atoms with Crippen LogP contribution in [0.3, 0.4) is 0 Å². The van der Waals surface area contributed by atoms with Crippen LogP contribution < -0.4 is 4.90 Å². The average molecular weight is 479 g/mol. The number of aromatic nitrogens is 2. The molecule has 1 fully saturated rings. The number of rotatable bonds is 5. The number of anilines is 1. The second-order valence-corrected chi connectivity index (χ2v) is 11.2. The molecule has 0 unspecified atom stereocenters. The number of carbonyl (C=O) groups excluding carboxylic acids is 1. The Morgan fingerprint density at radius 3 is 2.35 bits per heavy atom. The minimum absolute atomic E-state index is 0.0613. The van der Waals surface area contributed by atoms with E-state index in [2.05, 4.69) is 5.10 Å². The molecule has 0 spiro atoms. The topological polar surface area (TPSA) is 75.5 Å². The average Bonchev–Trinajstić information content (AvgIpc) is 3.49. The number of aryl methyl sites for hydroxylation is 3. The van der Waals surface area contributed by atoms with Crippen molar-refractivity contribution in [3.05, 3.63) is 76.6 Å². The van der Waals surface area contributed by atoms with E-state index >= 15 is 0 Å². The largest absolute Gasteiger partial charge is 0.308 e. The van der Waals surface area contributed by atoms with Gasteiger partial charge in [-0.2, -0.15) is 9.40 Å². The highest BCUT2D eigenvalue weighted by atomic mass is 32.2. The lowest BCUT2D eigenvalue weighted by atomic mass is 10.0. The van der Waals surface area contributed by atoms with Crippen LogP contribution in [-0.4, -0.2) is 48.0 Å². The van der Waals surface area contributed by atoms with E-state index in [0.717, 1.165) is 53.9 Å². The molecule has 0 bridgehead atoms. The Balaban J connectivity index is 1.36. The molecule has 8 heteroatoms. The Bertz CT molecular complexity index is 1320. The van der Waals surface area contributed by atoms with Crippen molar-refractivity contribution in [2.75, 3.05) is 24.5 Å². The maximum Gasteiger partial charge on any atom is 0.258 e. The quantitative estimate of drug-likeness (QED) is 0.557. The highest BCUT2D eigenvalue weighted by molar-refractivity contribution is 7.89. The van der Waals surface area contributed by atoms with Crippen LogP contribution in [0, 0.1) is 13.8 Å². The summed E-state index contributed by atoms with van der Waals surface area (Å²) in [6.07, 6.45) is 3.39. The van der Waals surface area contributed by atoms with Gasteiger partial charge in [0.1, 0.15) is 0 Å². The number of sulfonamides is 1. The third-order valence-electron chi connectivity index (χ3n) is 6.75. The SMILES string of the molecule is Cc1cc(C)n(Cc2ccc(C(=O)N3CCCc4cc(S(=O)(=O)N5CCCC5)ccc43)cc2)n1. The van der Waals surface area contributed by atoms with Gasteiger partial charge in [0, 0.05) is 36.6 Å². The molecule has 0 atom stereocenters. The van der Waals surface area contributed by atoms with Crippen LogP contribution in [0.15, 0.2) is 53.4 Å². The van der Waals surface area contributed by atoms with E-state index in [4.69, 9.17) is 0 Å². The molecule has 3 aromatic rings. The smallest absolute Gasteiger partial charge is 0.258 e. The van der Waals surface area contributed by atoms with E-state index in [9.17, 15) is 13.2 Å². The van der Waals surface area contributed by atoms with Crippen molar-refractivity contribution in [3.8, 4) is 0 Å². The number of hydrogen-bond donors (Lipinski definition) is 0. The fourth-order valence-corrected chi connectivity index (χ4v) is 6.51. The van der Waals surface area contributed by atoms with Gasteiger partial charge in [0.25, 0.3) is 5.91 Å². The van der Waals surface area contributed by atoms with Gasteiger partial charge in [0.2, 0.25) is 10.0 Å². The summed E-state index contributed by atoms with van der Waals surface area (Å²) in [5.41, 5.74) is 5.53. The molecule has 34 heavy (non-hydrogen) atoms. The predicted octanol–water partition coefficient (Wildman–Crippen LogP) is 3.93. The summed E-state index contributed by atoms with van der Waals surface area (Å²) in [6.45, 7) is 6.46. The van der Waals surface area contributed by atoms with E-state index < -0.39 is 10.0 Å². The van der Waals surface area contributed by atoms with Gasteiger partial charge in [0.05, 0.1) is 17.1 Å². The summed E-state index contributed by atoms with van der Waals surface area (Å²) in [5, 5.41) is 4.51. The number of carbonyl (C=O) groups is 1. The maximum absolute atomic E-state index is 13.4. The number of nitrogens with zero attached hydrogens (tertiary/aromatic N) is 4. The fraction of sp³-hybridized carbons (Fsp3) is 0.385. The number of fused-ring (bicyclic) bond motifs is 1. The predicted molar refractivity (Wildman–Crippen MR) is 132 cm³/mol. The molecular formula is C26H30N4O3S. The Morgan fingerprint density at radius 2 is 1.68 bits per heavy atom. The molecule has 5 rings (SSSR count). The van der Waals surface area contributed by atoms with Crippen LogP contribution in [-0.2, 0) is 23.0 Å². The van der Waals surface area contributed by atoms with Gasteiger partial charge < -0.3 is 4.90 Å². The van der Waals surface area contributed by atoms with E-state index in [0.29, 0.717) is 36.6 Å². The zero-order valence-corrected chi connectivity index (χ0v) is 20.5. The standard InChI is InChI=1S/C26H30N4O3S/c1-19-16-20(2)30(27-19)18-21-7-9-22(10-8-21)26(31)29-15-5-6-23-17-24(11-12-25(23)29)34(32,33)28-13-3-4-14-28/h7-12,16-17H,3-6,13-15,18H2,1-2H3. The van der Waals surface area contributed by atoms with E-state index in [-0.39, 0.29) is 5.91 Å². The Labute approximate surface area is 201 Å². The van der Waals surface area contributed by atoms with Crippen LogP contribution in [0.25, 0.3) is 0 Å². The summed E-state index contributed by atoms with van der Waals surface area (Å²) in [5.74, 6) is -0.0613. The van der Waals surface area contributed by atoms with Gasteiger partial charge >= 0.3 is 0 Å². The lowest BCUT2D eigenvalue weighted by molar-refractivity contribution is 0.0985. The van der Waals surface area contributed by atoms with Crippen LogP contribution in [0.4, 0.5) is 5.69 Å². The van der Waals surface area contributed by atoms with Crippen LogP contribution >= 0.6 is 0 Å². The van der Waals surface area contributed by atoms with E-state index in [1.807, 2.05) is 48.9 Å². The first kappa shape index (κ1) is 22.8. The first-order valence-corrected chi connectivity index (χ1v) is 13.3. The summed E-state index contributed by atoms with van der Waals surface area (Å²) in [6, 6.07) is 14.9. The van der Waals surface area contributed by atoms with Gasteiger partial charge in [-0.05, 0) is 87.1 Å². The Hall–Kier alpha value is -2.97. The second-order valence-electron chi connectivity index (χ2n) is 9.24. The first-order chi connectivity index (χ1) is 16.3. The minimum Gasteiger partial charge on any atom is -0.308 e. The summed E-state index contributed by atoms with van der Waals surface area (Å²) >= 11 is 0. The molecule has 1 saturated heterocycles. The van der Waals surface area contributed by atoms with Crippen LogP contribution in [0.1, 0.15) is 52.1 Å². The molecule has 2 aliphatic heterocycles. The number of amides is 1. The zero-order chi connectivity index (χ0) is 23.9. The van der Waals surface area contributed by atoms with E-state index in [1.54, 1.807) is 27.4 Å². The summed E-state index contributed by atoms with van der Waals surface area (Å²) < 4.78 is 29.5. The van der Waals surface area contributed by atoms with Crippen molar-refractivity contribution >= 4 is 21.6 Å². The van der Waals surface area contributed by atoms with Gasteiger partial charge in [-0.3, -0.25) is 9.48 Å². The minimum atomic E-state index is -3.47. The third kappa shape index (κ3) is 4.28. The summed E-state index contributed by atoms with van der Waals surface area (Å²) in [7, 11) is -3.47. The molecule has 0 N–H and O–H groups in total. The maximum atomic E-state index is 13.4. The van der Waals surface area contributed by atoms with Crippen molar-refractivity contribution in [1.29, 1.82) is 0 Å². The highest BCUT2D eigenvalue weighted by Gasteiger charge is 2.30. The van der Waals surface area contributed by atoms with E-state index in [1.165, 1.54) is 0 Å². The lowest BCUT2D eigenvalue weighted by Gasteiger charge is -2.30. The molecule has 1 aromatic heterocycles. The number of benzene rings is 2. The Morgan fingerprint density at radius 1 is 0.941 bits per heavy atom. The van der Waals surface area contributed by atoms with Gasteiger partial charge in [-0.1, -0.05) is 12.1 Å². The normalized spacial score (nSPS) is 16.6. The van der Waals surface area contributed by atoms with Crippen molar-refractivity contribution in [2.45, 2.75) is 51.0 Å². The summed E-state index contributed by atoms with van der Waals surface area (Å²) in [4.78, 5) is 15.5. The van der Waals surface area contributed by atoms with Gasteiger partial charge in [-0.15, -0.1) is 0 Å². The third-order valence-corrected chi connectivity index (χ3v) is 8.65. The van der Waals surface area contributed by atoms with Crippen molar-refractivity contribution < 1.29 is 13.2 Å². The molecule has 1 amide bonds. The highest BCUT2D eigenvalue weighted by Crippen LogP contribution is 2.32. The molecule has 2 aromatic carbocycles. The Kier molecular flexibility index (Phi) is 6.04. The van der Waals surface area contributed by atoms with Gasteiger partial charge in [-0.25, -0.2) is 8.42 Å². The second kappa shape index (κ2) is 9.00. The number of hydrogen-bond acceptors (Lipinski definition) is 4. The first-order valence-electron chi connectivity index (χ1n) is 11.9. The van der Waals surface area contributed by atoms with Crippen molar-refractivity contribution in [2.24, 2.45) is 0 Å². The molecule has 0 saturated carbocycles. The van der Waals surface area contributed by atoms with Crippen LogP contribution in [0.2, 0.25) is 0 Å². The molecule has 178 valence electrons. The molecule has 0 aliphatic carbocycles. The fourth-order valence-electron chi connectivity index (χ4n) is 4.94. The molecule has 7 nitrogen and oxygen atoms in total. The molecule has 2 aliphatic rings. The zero-order valence-electron chi connectivity index (χ0n) is 19.7. The van der Waals surface area contributed by atoms with Crippen molar-refractivity contribution in [3.63, 3.8) is 0 Å². The molecule has 3 heterocycles. The van der Waals surface area contributed by atoms with Crippen LogP contribution in [0.5, 0.6) is 0 Å². The molecule has 0 radical (unpaired) electrons. The van der Waals surface area contributed by atoms with Crippen molar-refractivity contribution in [1.82, 2.24) is 14.1 Å². The monoisotopic (exact) mass is 478 g/mol. The molecular weight excluding hydrogens is 448 g/mol. The lowest BCUT2D eigenvalue weighted by Crippen LogP contribution is -2.35. The van der Waals surface area contributed by atoms with Gasteiger partial charge in [0.15, 0.2) is 0 Å².